The van der Waals surface area contributed by atoms with Gasteiger partial charge >= 0.3 is 0 Å². The molecule has 1 aliphatic rings. The maximum Gasteiger partial charge on any atom is 0.123 e. The van der Waals surface area contributed by atoms with Crippen molar-refractivity contribution < 1.29 is 9.60 Å². The van der Waals surface area contributed by atoms with E-state index < -0.39 is 0 Å². The number of anilines is 1. The summed E-state index contributed by atoms with van der Waals surface area (Å²) in [6.07, 6.45) is 1.68. The van der Waals surface area contributed by atoms with Gasteiger partial charge < -0.3 is 10.1 Å². The first-order valence-corrected chi connectivity index (χ1v) is 7.07. The second-order valence-corrected chi connectivity index (χ2v) is 5.22. The molecule has 0 spiro atoms. The van der Waals surface area contributed by atoms with E-state index in [2.05, 4.69) is 10.1 Å². The zero-order valence-corrected chi connectivity index (χ0v) is 11.7. The Morgan fingerprint density at radius 3 is 2.62 bits per heavy atom. The van der Waals surface area contributed by atoms with Gasteiger partial charge in [-0.3, -0.25) is 0 Å². The number of para-hydroxylation sites is 1. The maximum atomic E-state index is 13.0. The molecular formula is C17H17FN2O. The number of benzene rings is 2. The smallest absolute Gasteiger partial charge is 0.123 e. The molecule has 4 heteroatoms. The molecule has 1 heterocycles. The highest BCUT2D eigenvalue weighted by atomic mass is 19.1. The number of rotatable bonds is 2. The van der Waals surface area contributed by atoms with Gasteiger partial charge in [-0.25, -0.2) is 4.39 Å². The van der Waals surface area contributed by atoms with Crippen LogP contribution < -0.4 is 4.90 Å². The Bertz CT molecular complexity index is 652. The lowest BCUT2D eigenvalue weighted by Crippen LogP contribution is -2.23. The van der Waals surface area contributed by atoms with Gasteiger partial charge in [-0.05, 0) is 36.6 Å². The van der Waals surface area contributed by atoms with Gasteiger partial charge in [0.05, 0.1) is 5.71 Å². The lowest BCUT2D eigenvalue weighted by molar-refractivity contribution is 0.318. The molecule has 0 fully saturated rings. The lowest BCUT2D eigenvalue weighted by atomic mass is 10.1. The van der Waals surface area contributed by atoms with Crippen LogP contribution in [0.4, 0.5) is 10.1 Å². The quantitative estimate of drug-likeness (QED) is 0.672. The van der Waals surface area contributed by atoms with Gasteiger partial charge in [-0.2, -0.15) is 0 Å². The molecule has 0 aromatic heterocycles. The van der Waals surface area contributed by atoms with Crippen LogP contribution in [0.1, 0.15) is 24.0 Å². The van der Waals surface area contributed by atoms with Crippen LogP contribution in [0.15, 0.2) is 53.7 Å². The molecule has 0 radical (unpaired) electrons. The van der Waals surface area contributed by atoms with E-state index in [0.29, 0.717) is 0 Å². The zero-order valence-electron chi connectivity index (χ0n) is 11.7. The van der Waals surface area contributed by atoms with E-state index in [1.807, 2.05) is 36.4 Å². The van der Waals surface area contributed by atoms with Crippen molar-refractivity contribution in [2.45, 2.75) is 19.4 Å². The number of hydrogen-bond donors (Lipinski definition) is 1. The molecule has 0 bridgehead atoms. The molecule has 1 aliphatic heterocycles. The van der Waals surface area contributed by atoms with E-state index in [1.165, 1.54) is 12.1 Å². The highest BCUT2D eigenvalue weighted by Crippen LogP contribution is 2.28. The highest BCUT2D eigenvalue weighted by Gasteiger charge is 2.19. The first kappa shape index (κ1) is 13.6. The normalized spacial score (nSPS) is 16.6. The minimum atomic E-state index is -0.218. The molecule has 108 valence electrons. The minimum Gasteiger partial charge on any atom is -0.411 e. The van der Waals surface area contributed by atoms with Crippen LogP contribution in [-0.2, 0) is 6.54 Å². The highest BCUT2D eigenvalue weighted by molar-refractivity contribution is 6.05. The molecule has 0 atom stereocenters. The van der Waals surface area contributed by atoms with Gasteiger partial charge in [-0.1, -0.05) is 35.5 Å². The molecule has 0 aliphatic carbocycles. The molecule has 3 rings (SSSR count). The van der Waals surface area contributed by atoms with Crippen molar-refractivity contribution in [2.24, 2.45) is 5.16 Å². The Balaban J connectivity index is 1.93. The Labute approximate surface area is 123 Å². The summed E-state index contributed by atoms with van der Waals surface area (Å²) in [5.74, 6) is -0.218. The van der Waals surface area contributed by atoms with E-state index in [0.717, 1.165) is 48.5 Å². The van der Waals surface area contributed by atoms with E-state index in [9.17, 15) is 9.60 Å². The summed E-state index contributed by atoms with van der Waals surface area (Å²) in [6, 6.07) is 14.5. The molecule has 3 nitrogen and oxygen atoms in total. The fraction of sp³-hybridized carbons (Fsp3) is 0.235. The number of nitrogens with zero attached hydrogens (tertiary/aromatic N) is 2. The molecule has 0 saturated carbocycles. The number of hydrogen-bond acceptors (Lipinski definition) is 3. The summed E-state index contributed by atoms with van der Waals surface area (Å²) in [6.45, 7) is 1.60. The molecule has 2 aromatic carbocycles. The van der Waals surface area contributed by atoms with Crippen molar-refractivity contribution in [3.05, 3.63) is 65.5 Å². The van der Waals surface area contributed by atoms with Crippen LogP contribution in [0, 0.1) is 5.82 Å². The van der Waals surface area contributed by atoms with Gasteiger partial charge in [0.1, 0.15) is 5.82 Å². The fourth-order valence-corrected chi connectivity index (χ4v) is 2.76. The van der Waals surface area contributed by atoms with Crippen LogP contribution in [0.5, 0.6) is 0 Å². The van der Waals surface area contributed by atoms with Gasteiger partial charge in [-0.15, -0.1) is 0 Å². The molecule has 0 amide bonds. The predicted octanol–water partition coefficient (Wildman–Crippen LogP) is 3.80. The maximum absolute atomic E-state index is 13.0. The number of oxime groups is 1. The van der Waals surface area contributed by atoms with Crippen molar-refractivity contribution in [3.63, 3.8) is 0 Å². The van der Waals surface area contributed by atoms with Crippen molar-refractivity contribution in [1.29, 1.82) is 0 Å². The summed E-state index contributed by atoms with van der Waals surface area (Å²) in [7, 11) is 0. The van der Waals surface area contributed by atoms with Gasteiger partial charge in [0.25, 0.3) is 0 Å². The third kappa shape index (κ3) is 2.89. The fourth-order valence-electron chi connectivity index (χ4n) is 2.76. The van der Waals surface area contributed by atoms with Crippen LogP contribution in [-0.4, -0.2) is 17.5 Å². The van der Waals surface area contributed by atoms with Gasteiger partial charge in [0.2, 0.25) is 0 Å². The van der Waals surface area contributed by atoms with Crippen LogP contribution in [0.3, 0.4) is 0 Å². The summed E-state index contributed by atoms with van der Waals surface area (Å²) < 4.78 is 13.0. The minimum absolute atomic E-state index is 0.218. The molecule has 0 saturated heterocycles. The van der Waals surface area contributed by atoms with Gasteiger partial charge in [0, 0.05) is 24.3 Å². The first-order chi connectivity index (χ1) is 10.3. The van der Waals surface area contributed by atoms with Crippen molar-refractivity contribution >= 4 is 11.4 Å². The molecule has 2 aromatic rings. The molecule has 1 N–H and O–H groups in total. The van der Waals surface area contributed by atoms with Crippen LogP contribution in [0.25, 0.3) is 0 Å². The Morgan fingerprint density at radius 2 is 1.86 bits per heavy atom. The summed E-state index contributed by atoms with van der Waals surface area (Å²) >= 11 is 0. The SMILES string of the molecule is O/N=C1/CCCN(Cc2ccc(F)cc2)c2ccccc21. The second kappa shape index (κ2) is 5.95. The largest absolute Gasteiger partial charge is 0.411 e. The molecular weight excluding hydrogens is 267 g/mol. The Kier molecular flexibility index (Phi) is 3.86. The van der Waals surface area contributed by atoms with Crippen molar-refractivity contribution in [3.8, 4) is 0 Å². The third-order valence-electron chi connectivity index (χ3n) is 3.80. The standard InChI is InChI=1S/C17H17FN2O/c18-14-9-7-13(8-10-14)12-20-11-3-5-16(19-21)15-4-1-2-6-17(15)20/h1-2,4,6-10,21H,3,5,11-12H2/b19-16-. The monoisotopic (exact) mass is 284 g/mol. The Morgan fingerprint density at radius 1 is 1.10 bits per heavy atom. The van der Waals surface area contributed by atoms with Crippen LogP contribution in [0.2, 0.25) is 0 Å². The number of fused-ring (bicyclic) bond motifs is 1. The molecule has 21 heavy (non-hydrogen) atoms. The van der Waals surface area contributed by atoms with Crippen molar-refractivity contribution in [1.82, 2.24) is 0 Å². The average molecular weight is 284 g/mol. The van der Waals surface area contributed by atoms with E-state index in [4.69, 9.17) is 0 Å². The topological polar surface area (TPSA) is 35.8 Å². The van der Waals surface area contributed by atoms with Gasteiger partial charge in [0.15, 0.2) is 0 Å². The summed E-state index contributed by atoms with van der Waals surface area (Å²) in [5.41, 5.74) is 3.83. The van der Waals surface area contributed by atoms with E-state index >= 15 is 0 Å². The average Bonchev–Trinajstić information content (AvgIpc) is 2.69. The predicted molar refractivity (Wildman–Crippen MR) is 81.4 cm³/mol. The Hall–Kier alpha value is -2.36. The zero-order chi connectivity index (χ0) is 14.7. The third-order valence-corrected chi connectivity index (χ3v) is 3.80. The number of halogens is 1. The first-order valence-electron chi connectivity index (χ1n) is 7.07. The van der Waals surface area contributed by atoms with Crippen LogP contribution >= 0.6 is 0 Å². The summed E-state index contributed by atoms with van der Waals surface area (Å²) in [5, 5.41) is 12.6. The summed E-state index contributed by atoms with van der Waals surface area (Å²) in [4.78, 5) is 2.25. The van der Waals surface area contributed by atoms with Crippen molar-refractivity contribution in [2.75, 3.05) is 11.4 Å². The second-order valence-electron chi connectivity index (χ2n) is 5.22. The van der Waals surface area contributed by atoms with E-state index in [1.54, 1.807) is 0 Å². The lowest BCUT2D eigenvalue weighted by Gasteiger charge is -2.24. The van der Waals surface area contributed by atoms with E-state index in [-0.39, 0.29) is 5.82 Å². The molecule has 0 unspecified atom stereocenters.